The molecule has 29 heavy (non-hydrogen) atoms. The predicted molar refractivity (Wildman–Crippen MR) is 110 cm³/mol. The third-order valence-electron chi connectivity index (χ3n) is 4.88. The largest absolute Gasteiger partial charge is 0.379 e. The SMILES string of the molecule is O=C(NCc1ccc(Cl)cc1)c1cnc2ccc(CN3CCOCC3)cn2c1=O. The molecule has 3 heterocycles. The van der Waals surface area contributed by atoms with E-state index in [1.807, 2.05) is 18.2 Å². The molecule has 3 aromatic rings. The first-order valence-electron chi connectivity index (χ1n) is 9.43. The summed E-state index contributed by atoms with van der Waals surface area (Å²) in [6, 6.07) is 10.9. The van der Waals surface area contributed by atoms with Crippen molar-refractivity contribution in [2.24, 2.45) is 0 Å². The van der Waals surface area contributed by atoms with E-state index in [0.717, 1.165) is 30.8 Å². The predicted octanol–water partition coefficient (Wildman–Crippen LogP) is 2.11. The van der Waals surface area contributed by atoms with Crippen molar-refractivity contribution < 1.29 is 9.53 Å². The molecule has 0 bridgehead atoms. The van der Waals surface area contributed by atoms with Crippen molar-refractivity contribution in [2.45, 2.75) is 13.1 Å². The summed E-state index contributed by atoms with van der Waals surface area (Å²) >= 11 is 5.87. The Morgan fingerprint density at radius 1 is 1.10 bits per heavy atom. The molecule has 1 N–H and O–H groups in total. The third kappa shape index (κ3) is 4.64. The molecule has 4 rings (SSSR count). The smallest absolute Gasteiger partial charge is 0.270 e. The Labute approximate surface area is 172 Å². The molecule has 0 unspecified atom stereocenters. The van der Waals surface area contributed by atoms with Crippen LogP contribution >= 0.6 is 11.6 Å². The van der Waals surface area contributed by atoms with Crippen LogP contribution in [0.25, 0.3) is 5.65 Å². The molecule has 0 spiro atoms. The van der Waals surface area contributed by atoms with E-state index in [-0.39, 0.29) is 11.1 Å². The average Bonchev–Trinajstić information content (AvgIpc) is 2.74. The molecule has 7 nitrogen and oxygen atoms in total. The summed E-state index contributed by atoms with van der Waals surface area (Å²) in [6.45, 7) is 4.17. The molecule has 1 saturated heterocycles. The molecular weight excluding hydrogens is 392 g/mol. The number of carbonyl (C=O) groups is 1. The quantitative estimate of drug-likeness (QED) is 0.694. The number of hydrogen-bond donors (Lipinski definition) is 1. The molecule has 0 aliphatic carbocycles. The Morgan fingerprint density at radius 3 is 2.59 bits per heavy atom. The minimum Gasteiger partial charge on any atom is -0.379 e. The number of carbonyl (C=O) groups excluding carboxylic acids is 1. The lowest BCUT2D eigenvalue weighted by atomic mass is 10.2. The lowest BCUT2D eigenvalue weighted by Crippen LogP contribution is -2.36. The van der Waals surface area contributed by atoms with Gasteiger partial charge in [-0.15, -0.1) is 0 Å². The lowest BCUT2D eigenvalue weighted by molar-refractivity contribution is 0.0341. The molecule has 1 aromatic carbocycles. The number of halogens is 1. The maximum absolute atomic E-state index is 12.9. The number of morpholine rings is 1. The molecule has 1 amide bonds. The average molecular weight is 413 g/mol. The monoisotopic (exact) mass is 412 g/mol. The van der Waals surface area contributed by atoms with Gasteiger partial charge in [0.1, 0.15) is 11.2 Å². The molecule has 1 aliphatic rings. The minimum absolute atomic E-state index is 0.0139. The number of ether oxygens (including phenoxy) is 1. The van der Waals surface area contributed by atoms with Crippen LogP contribution in [-0.2, 0) is 17.8 Å². The van der Waals surface area contributed by atoms with Crippen molar-refractivity contribution >= 4 is 23.2 Å². The zero-order valence-corrected chi connectivity index (χ0v) is 16.6. The minimum atomic E-state index is -0.453. The number of benzene rings is 1. The lowest BCUT2D eigenvalue weighted by Gasteiger charge is -2.26. The van der Waals surface area contributed by atoms with Crippen molar-refractivity contribution in [3.05, 3.63) is 80.9 Å². The summed E-state index contributed by atoms with van der Waals surface area (Å²) in [6.07, 6.45) is 3.09. The van der Waals surface area contributed by atoms with E-state index in [1.54, 1.807) is 24.4 Å². The summed E-state index contributed by atoms with van der Waals surface area (Å²) in [5, 5.41) is 3.39. The van der Waals surface area contributed by atoms with Crippen LogP contribution in [0, 0.1) is 0 Å². The zero-order valence-electron chi connectivity index (χ0n) is 15.8. The van der Waals surface area contributed by atoms with Crippen molar-refractivity contribution in [3.8, 4) is 0 Å². The number of nitrogens with one attached hydrogen (secondary N) is 1. The fourth-order valence-electron chi connectivity index (χ4n) is 3.27. The van der Waals surface area contributed by atoms with Crippen LogP contribution in [-0.4, -0.2) is 46.5 Å². The van der Waals surface area contributed by atoms with Gasteiger partial charge in [0, 0.05) is 43.6 Å². The van der Waals surface area contributed by atoms with E-state index < -0.39 is 5.91 Å². The summed E-state index contributed by atoms with van der Waals surface area (Å²) in [7, 11) is 0. The van der Waals surface area contributed by atoms with Crippen LogP contribution in [0.4, 0.5) is 0 Å². The summed E-state index contributed by atoms with van der Waals surface area (Å²) in [5.41, 5.74) is 2.02. The second-order valence-electron chi connectivity index (χ2n) is 6.94. The Bertz CT molecular complexity index is 1080. The molecule has 0 radical (unpaired) electrons. The van der Waals surface area contributed by atoms with Gasteiger partial charge >= 0.3 is 0 Å². The third-order valence-corrected chi connectivity index (χ3v) is 5.14. The van der Waals surface area contributed by atoms with Gasteiger partial charge in [-0.2, -0.15) is 0 Å². The maximum atomic E-state index is 12.9. The number of amides is 1. The van der Waals surface area contributed by atoms with Gasteiger partial charge in [0.15, 0.2) is 0 Å². The van der Waals surface area contributed by atoms with Gasteiger partial charge < -0.3 is 10.1 Å². The summed E-state index contributed by atoms with van der Waals surface area (Å²) in [4.78, 5) is 32.0. The number of hydrogen-bond acceptors (Lipinski definition) is 5. The molecule has 2 aromatic heterocycles. The molecule has 0 saturated carbocycles. The molecule has 150 valence electrons. The number of rotatable bonds is 5. The second-order valence-corrected chi connectivity index (χ2v) is 7.38. The van der Waals surface area contributed by atoms with Gasteiger partial charge in [-0.3, -0.25) is 18.9 Å². The zero-order chi connectivity index (χ0) is 20.2. The Balaban J connectivity index is 1.52. The van der Waals surface area contributed by atoms with Crippen LogP contribution in [0.1, 0.15) is 21.5 Å². The Morgan fingerprint density at radius 2 is 1.83 bits per heavy atom. The van der Waals surface area contributed by atoms with Crippen molar-refractivity contribution in [2.75, 3.05) is 26.3 Å². The second kappa shape index (κ2) is 8.73. The van der Waals surface area contributed by atoms with Crippen molar-refractivity contribution in [1.82, 2.24) is 19.6 Å². The fourth-order valence-corrected chi connectivity index (χ4v) is 3.39. The van der Waals surface area contributed by atoms with Gasteiger partial charge in [0.05, 0.1) is 13.2 Å². The van der Waals surface area contributed by atoms with Crippen LogP contribution in [0.15, 0.2) is 53.6 Å². The van der Waals surface area contributed by atoms with Crippen LogP contribution in [0.3, 0.4) is 0 Å². The van der Waals surface area contributed by atoms with E-state index in [1.165, 1.54) is 10.6 Å². The molecular formula is C21H21ClN4O3. The molecule has 1 fully saturated rings. The van der Waals surface area contributed by atoms with Gasteiger partial charge in [0.25, 0.3) is 11.5 Å². The first-order valence-corrected chi connectivity index (χ1v) is 9.81. The van der Waals surface area contributed by atoms with Gasteiger partial charge in [-0.1, -0.05) is 29.8 Å². The molecule has 1 aliphatic heterocycles. The highest BCUT2D eigenvalue weighted by Gasteiger charge is 2.15. The van der Waals surface area contributed by atoms with Crippen molar-refractivity contribution in [1.29, 1.82) is 0 Å². The number of nitrogens with zero attached hydrogens (tertiary/aromatic N) is 3. The van der Waals surface area contributed by atoms with Crippen LogP contribution in [0.5, 0.6) is 0 Å². The van der Waals surface area contributed by atoms with Crippen LogP contribution in [0.2, 0.25) is 5.02 Å². The summed E-state index contributed by atoms with van der Waals surface area (Å²) in [5.74, 6) is -0.453. The number of fused-ring (bicyclic) bond motifs is 1. The normalized spacial score (nSPS) is 14.8. The summed E-state index contributed by atoms with van der Waals surface area (Å²) < 4.78 is 6.81. The van der Waals surface area contributed by atoms with Crippen LogP contribution < -0.4 is 10.9 Å². The van der Waals surface area contributed by atoms with E-state index in [4.69, 9.17) is 16.3 Å². The highest BCUT2D eigenvalue weighted by molar-refractivity contribution is 6.30. The fraction of sp³-hybridized carbons (Fsp3) is 0.286. The molecule has 8 heteroatoms. The van der Waals surface area contributed by atoms with E-state index >= 15 is 0 Å². The van der Waals surface area contributed by atoms with Crippen molar-refractivity contribution in [3.63, 3.8) is 0 Å². The topological polar surface area (TPSA) is 75.9 Å². The van der Waals surface area contributed by atoms with E-state index in [2.05, 4.69) is 15.2 Å². The van der Waals surface area contributed by atoms with Gasteiger partial charge in [-0.05, 0) is 29.3 Å². The van der Waals surface area contributed by atoms with Gasteiger partial charge in [0.2, 0.25) is 0 Å². The molecule has 0 atom stereocenters. The van der Waals surface area contributed by atoms with E-state index in [9.17, 15) is 9.59 Å². The highest BCUT2D eigenvalue weighted by atomic mass is 35.5. The van der Waals surface area contributed by atoms with E-state index in [0.29, 0.717) is 30.4 Å². The first kappa shape index (κ1) is 19.6. The Kier molecular flexibility index (Phi) is 5.89. The maximum Gasteiger partial charge on any atom is 0.270 e. The first-order chi connectivity index (χ1) is 14.1. The highest BCUT2D eigenvalue weighted by Crippen LogP contribution is 2.10. The Hall–Kier alpha value is -2.74. The van der Waals surface area contributed by atoms with Gasteiger partial charge in [-0.25, -0.2) is 4.98 Å². The number of pyridine rings is 1. The standard InChI is InChI=1S/C21H21ClN4O3/c22-17-4-1-15(2-5-17)11-24-20(27)18-12-23-19-6-3-16(14-26(19)21(18)28)13-25-7-9-29-10-8-25/h1-6,12,14H,7-11,13H2,(H,24,27). The number of aromatic nitrogens is 2.